The van der Waals surface area contributed by atoms with E-state index in [0.717, 1.165) is 19.3 Å². The van der Waals surface area contributed by atoms with E-state index in [9.17, 15) is 9.59 Å². The van der Waals surface area contributed by atoms with Crippen LogP contribution in [0.25, 0.3) is 0 Å². The number of carbonyl (C=O) groups excluding carboxylic acids is 2. The Morgan fingerprint density at radius 1 is 1.06 bits per heavy atom. The van der Waals surface area contributed by atoms with Crippen LogP contribution in [-0.4, -0.2) is 23.9 Å². The molecule has 2 N–H and O–H groups in total. The second kappa shape index (κ2) is 7.25. The highest BCUT2D eigenvalue weighted by Gasteiger charge is 2.15. The van der Waals surface area contributed by atoms with Crippen LogP contribution >= 0.6 is 0 Å². The van der Waals surface area contributed by atoms with E-state index in [1.54, 1.807) is 0 Å². The van der Waals surface area contributed by atoms with Gasteiger partial charge < -0.3 is 10.6 Å². The molecule has 0 aliphatic heterocycles. The quantitative estimate of drug-likeness (QED) is 0.536. The minimum absolute atomic E-state index is 0.0800. The second-order valence-electron chi connectivity index (χ2n) is 5.03. The van der Waals surface area contributed by atoms with Crippen LogP contribution in [0.5, 0.6) is 0 Å². The van der Waals surface area contributed by atoms with Gasteiger partial charge in [0.05, 0.1) is 0 Å². The van der Waals surface area contributed by atoms with Crippen LogP contribution in [0.3, 0.4) is 0 Å². The SMILES string of the molecule is CCCCCNC(=O)CC(=O)NC(C)(C)C. The Labute approximate surface area is 98.2 Å². The molecule has 0 aromatic carbocycles. The van der Waals surface area contributed by atoms with Crippen LogP contribution in [0.4, 0.5) is 0 Å². The smallest absolute Gasteiger partial charge is 0.229 e. The number of carbonyl (C=O) groups is 2. The van der Waals surface area contributed by atoms with Gasteiger partial charge in [0.2, 0.25) is 11.8 Å². The normalized spacial score (nSPS) is 11.0. The van der Waals surface area contributed by atoms with Gasteiger partial charge in [-0.3, -0.25) is 9.59 Å². The molecule has 0 radical (unpaired) electrons. The minimum atomic E-state index is -0.278. The van der Waals surface area contributed by atoms with Crippen molar-refractivity contribution in [1.82, 2.24) is 10.6 Å². The maximum absolute atomic E-state index is 11.4. The highest BCUT2D eigenvalue weighted by molar-refractivity contribution is 5.97. The van der Waals surface area contributed by atoms with E-state index in [1.807, 2.05) is 20.8 Å². The van der Waals surface area contributed by atoms with Gasteiger partial charge in [0, 0.05) is 12.1 Å². The monoisotopic (exact) mass is 228 g/mol. The van der Waals surface area contributed by atoms with Crippen molar-refractivity contribution in [3.05, 3.63) is 0 Å². The summed E-state index contributed by atoms with van der Waals surface area (Å²) in [5, 5.41) is 5.49. The van der Waals surface area contributed by atoms with E-state index in [2.05, 4.69) is 17.6 Å². The molecule has 0 heterocycles. The lowest BCUT2D eigenvalue weighted by molar-refractivity contribution is -0.130. The van der Waals surface area contributed by atoms with Crippen molar-refractivity contribution in [2.45, 2.75) is 58.9 Å². The molecule has 4 heteroatoms. The summed E-state index contributed by atoms with van der Waals surface area (Å²) in [5.41, 5.74) is -0.278. The van der Waals surface area contributed by atoms with Crippen molar-refractivity contribution in [1.29, 1.82) is 0 Å². The van der Waals surface area contributed by atoms with Crippen LogP contribution in [0, 0.1) is 0 Å². The van der Waals surface area contributed by atoms with E-state index in [0.29, 0.717) is 6.54 Å². The van der Waals surface area contributed by atoms with Crippen LogP contribution in [0.1, 0.15) is 53.4 Å². The third-order valence-corrected chi connectivity index (χ3v) is 1.94. The molecule has 0 saturated heterocycles. The number of nitrogens with one attached hydrogen (secondary N) is 2. The van der Waals surface area contributed by atoms with Gasteiger partial charge in [-0.25, -0.2) is 0 Å². The van der Waals surface area contributed by atoms with Crippen molar-refractivity contribution in [2.24, 2.45) is 0 Å². The number of rotatable bonds is 6. The zero-order valence-corrected chi connectivity index (χ0v) is 10.9. The molecular weight excluding hydrogens is 204 g/mol. The molecule has 2 amide bonds. The summed E-state index contributed by atoms with van der Waals surface area (Å²) in [7, 11) is 0. The largest absolute Gasteiger partial charge is 0.356 e. The Balaban J connectivity index is 3.67. The molecule has 0 spiro atoms. The van der Waals surface area contributed by atoms with Crippen molar-refractivity contribution in [3.63, 3.8) is 0 Å². The summed E-state index contributed by atoms with van der Waals surface area (Å²) < 4.78 is 0. The Kier molecular flexibility index (Phi) is 6.77. The van der Waals surface area contributed by atoms with Gasteiger partial charge in [-0.05, 0) is 27.2 Å². The van der Waals surface area contributed by atoms with Crippen molar-refractivity contribution in [3.8, 4) is 0 Å². The Morgan fingerprint density at radius 3 is 2.19 bits per heavy atom. The molecule has 16 heavy (non-hydrogen) atoms. The number of amides is 2. The summed E-state index contributed by atoms with van der Waals surface area (Å²) in [6.07, 6.45) is 3.13. The predicted octanol–water partition coefficient (Wildman–Crippen LogP) is 1.60. The molecule has 0 aliphatic carbocycles. The Hall–Kier alpha value is -1.06. The van der Waals surface area contributed by atoms with Gasteiger partial charge in [-0.1, -0.05) is 19.8 Å². The molecule has 0 saturated carbocycles. The first-order valence-electron chi connectivity index (χ1n) is 5.93. The Morgan fingerprint density at radius 2 is 1.69 bits per heavy atom. The van der Waals surface area contributed by atoms with E-state index in [-0.39, 0.29) is 23.8 Å². The number of unbranched alkanes of at least 4 members (excludes halogenated alkanes) is 2. The molecule has 0 rings (SSSR count). The predicted molar refractivity (Wildman–Crippen MR) is 65.0 cm³/mol. The average Bonchev–Trinajstić information content (AvgIpc) is 2.09. The van der Waals surface area contributed by atoms with Crippen molar-refractivity contribution in [2.75, 3.05) is 6.54 Å². The molecule has 94 valence electrons. The zero-order chi connectivity index (χ0) is 12.6. The van der Waals surface area contributed by atoms with Crippen molar-refractivity contribution >= 4 is 11.8 Å². The first-order chi connectivity index (χ1) is 7.35. The molecule has 4 nitrogen and oxygen atoms in total. The lowest BCUT2D eigenvalue weighted by atomic mass is 10.1. The molecule has 0 aliphatic rings. The third-order valence-electron chi connectivity index (χ3n) is 1.94. The minimum Gasteiger partial charge on any atom is -0.356 e. The molecular formula is C12H24N2O2. The van der Waals surface area contributed by atoms with Crippen LogP contribution < -0.4 is 10.6 Å². The standard InChI is InChI=1S/C12H24N2O2/c1-5-6-7-8-13-10(15)9-11(16)14-12(2,3)4/h5-9H2,1-4H3,(H,13,15)(H,14,16). The molecule has 0 unspecified atom stereocenters. The fraction of sp³-hybridized carbons (Fsp3) is 0.833. The van der Waals surface area contributed by atoms with E-state index in [4.69, 9.17) is 0 Å². The van der Waals surface area contributed by atoms with E-state index >= 15 is 0 Å². The fourth-order valence-corrected chi connectivity index (χ4v) is 1.27. The number of hydrogen-bond donors (Lipinski definition) is 2. The first kappa shape index (κ1) is 14.9. The van der Waals surface area contributed by atoms with E-state index < -0.39 is 0 Å². The number of hydrogen-bond acceptors (Lipinski definition) is 2. The van der Waals surface area contributed by atoms with Crippen molar-refractivity contribution < 1.29 is 9.59 Å². The van der Waals surface area contributed by atoms with Gasteiger partial charge in [-0.15, -0.1) is 0 Å². The molecule has 0 bridgehead atoms. The lowest BCUT2D eigenvalue weighted by Gasteiger charge is -2.20. The molecule has 0 aromatic heterocycles. The highest BCUT2D eigenvalue weighted by atomic mass is 16.2. The highest BCUT2D eigenvalue weighted by Crippen LogP contribution is 1.99. The maximum Gasteiger partial charge on any atom is 0.229 e. The summed E-state index contributed by atoms with van der Waals surface area (Å²) in [4.78, 5) is 22.7. The maximum atomic E-state index is 11.4. The first-order valence-corrected chi connectivity index (χ1v) is 5.93. The van der Waals surface area contributed by atoms with Crippen LogP contribution in [0.2, 0.25) is 0 Å². The van der Waals surface area contributed by atoms with Gasteiger partial charge >= 0.3 is 0 Å². The Bertz CT molecular complexity index is 232. The average molecular weight is 228 g/mol. The van der Waals surface area contributed by atoms with Crippen LogP contribution in [-0.2, 0) is 9.59 Å². The fourth-order valence-electron chi connectivity index (χ4n) is 1.27. The van der Waals surface area contributed by atoms with Gasteiger partial charge in [0.25, 0.3) is 0 Å². The summed E-state index contributed by atoms with van der Waals surface area (Å²) in [6, 6.07) is 0. The molecule has 0 fully saturated rings. The lowest BCUT2D eigenvalue weighted by Crippen LogP contribution is -2.42. The van der Waals surface area contributed by atoms with E-state index in [1.165, 1.54) is 0 Å². The summed E-state index contributed by atoms with van der Waals surface area (Å²) >= 11 is 0. The summed E-state index contributed by atoms with van der Waals surface area (Å²) in [6.45, 7) is 8.45. The van der Waals surface area contributed by atoms with Crippen LogP contribution in [0.15, 0.2) is 0 Å². The third kappa shape index (κ3) is 9.49. The van der Waals surface area contributed by atoms with Gasteiger partial charge in [0.1, 0.15) is 6.42 Å². The zero-order valence-electron chi connectivity index (χ0n) is 10.9. The molecule has 0 aromatic rings. The second-order valence-corrected chi connectivity index (χ2v) is 5.03. The van der Waals surface area contributed by atoms with Gasteiger partial charge in [0.15, 0.2) is 0 Å². The molecule has 0 atom stereocenters. The van der Waals surface area contributed by atoms with Gasteiger partial charge in [-0.2, -0.15) is 0 Å². The summed E-state index contributed by atoms with van der Waals surface area (Å²) in [5.74, 6) is -0.418. The topological polar surface area (TPSA) is 58.2 Å².